The molecule has 0 bridgehead atoms. The van der Waals surface area contributed by atoms with Crippen LogP contribution in [0.2, 0.25) is 0 Å². The van der Waals surface area contributed by atoms with Crippen LogP contribution in [0.25, 0.3) is 16.6 Å². The van der Waals surface area contributed by atoms with Crippen molar-refractivity contribution >= 4 is 34.3 Å². The molecule has 168 valence electrons. The number of anilines is 1. The Morgan fingerprint density at radius 1 is 1.09 bits per heavy atom. The topological polar surface area (TPSA) is 81.8 Å². The summed E-state index contributed by atoms with van der Waals surface area (Å²) < 4.78 is 3.60. The number of rotatable bonds is 6. The number of fused-ring (bicyclic) bond motifs is 1. The maximum atomic E-state index is 13.0. The van der Waals surface area contributed by atoms with Crippen LogP contribution in [0.4, 0.5) is 5.69 Å². The van der Waals surface area contributed by atoms with Gasteiger partial charge in [-0.25, -0.2) is 9.67 Å². The number of benzene rings is 2. The van der Waals surface area contributed by atoms with Crippen molar-refractivity contribution in [2.45, 2.75) is 44.8 Å². The number of hydrogen-bond donors (Lipinski definition) is 1. The zero-order valence-corrected chi connectivity index (χ0v) is 19.6. The molecule has 0 spiro atoms. The van der Waals surface area contributed by atoms with E-state index in [0.717, 1.165) is 29.9 Å². The van der Waals surface area contributed by atoms with Gasteiger partial charge in [0.15, 0.2) is 5.16 Å². The Morgan fingerprint density at radius 2 is 1.82 bits per heavy atom. The number of nitrogens with zero attached hydrogens (tertiary/aromatic N) is 4. The molecule has 0 radical (unpaired) electrons. The fraction of sp³-hybridized carbons (Fsp3) is 0.280. The number of carbonyl (C=O) groups excluding carboxylic acids is 1. The Kier molecular flexibility index (Phi) is 5.54. The van der Waals surface area contributed by atoms with Crippen LogP contribution in [-0.2, 0) is 4.79 Å². The summed E-state index contributed by atoms with van der Waals surface area (Å²) in [6.45, 7) is 5.87. The lowest BCUT2D eigenvalue weighted by atomic mass is 10.2. The lowest BCUT2D eigenvalue weighted by molar-refractivity contribution is -0.113. The Bertz CT molecular complexity index is 1420. The first kappa shape index (κ1) is 21.5. The van der Waals surface area contributed by atoms with Gasteiger partial charge in [-0.3, -0.25) is 14.2 Å². The molecular formula is C25H25N5O2S. The largest absolute Gasteiger partial charge is 0.322 e. The van der Waals surface area contributed by atoms with E-state index in [0.29, 0.717) is 21.7 Å². The van der Waals surface area contributed by atoms with Gasteiger partial charge in [0, 0.05) is 6.04 Å². The standard InChI is InChI=1S/C25H25N5O2S/c1-15-8-10-19(11-9-15)30-17(3)23(16(2)28-30)27-22(31)14-33-25-26-21-7-5-4-6-20(21)24(32)29(25)18-12-13-18/h4-11,18H,12-14H2,1-3H3,(H,27,31). The second-order valence-corrected chi connectivity index (χ2v) is 9.39. The van der Waals surface area contributed by atoms with Gasteiger partial charge in [-0.1, -0.05) is 41.6 Å². The quantitative estimate of drug-likeness (QED) is 0.337. The lowest BCUT2D eigenvalue weighted by Gasteiger charge is -2.12. The highest BCUT2D eigenvalue weighted by molar-refractivity contribution is 7.99. The van der Waals surface area contributed by atoms with E-state index in [-0.39, 0.29) is 23.3 Å². The zero-order chi connectivity index (χ0) is 23.1. The normalized spacial score (nSPS) is 13.4. The Labute approximate surface area is 195 Å². The Morgan fingerprint density at radius 3 is 2.55 bits per heavy atom. The number of carbonyl (C=O) groups is 1. The third-order valence-corrected chi connectivity index (χ3v) is 6.81. The van der Waals surface area contributed by atoms with Crippen molar-refractivity contribution in [1.29, 1.82) is 0 Å². The highest BCUT2D eigenvalue weighted by Crippen LogP contribution is 2.37. The van der Waals surface area contributed by atoms with Crippen LogP contribution < -0.4 is 10.9 Å². The van der Waals surface area contributed by atoms with Crippen LogP contribution in [0.1, 0.15) is 35.8 Å². The van der Waals surface area contributed by atoms with E-state index in [4.69, 9.17) is 4.98 Å². The smallest absolute Gasteiger partial charge is 0.262 e. The minimum Gasteiger partial charge on any atom is -0.322 e. The lowest BCUT2D eigenvalue weighted by Crippen LogP contribution is -2.23. The van der Waals surface area contributed by atoms with Crippen molar-refractivity contribution in [2.24, 2.45) is 0 Å². The molecule has 4 aromatic rings. The van der Waals surface area contributed by atoms with Gasteiger partial charge in [-0.05, 0) is 57.9 Å². The average Bonchev–Trinajstić information content (AvgIpc) is 3.60. The predicted molar refractivity (Wildman–Crippen MR) is 131 cm³/mol. The van der Waals surface area contributed by atoms with Gasteiger partial charge in [-0.2, -0.15) is 5.10 Å². The number of thioether (sulfide) groups is 1. The van der Waals surface area contributed by atoms with Gasteiger partial charge in [0.25, 0.3) is 5.56 Å². The summed E-state index contributed by atoms with van der Waals surface area (Å²) in [6.07, 6.45) is 1.94. The summed E-state index contributed by atoms with van der Waals surface area (Å²) in [5, 5.41) is 8.83. The minimum absolute atomic E-state index is 0.0305. The van der Waals surface area contributed by atoms with E-state index >= 15 is 0 Å². The van der Waals surface area contributed by atoms with Crippen molar-refractivity contribution in [2.75, 3.05) is 11.1 Å². The molecule has 2 aromatic heterocycles. The number of aryl methyl sites for hydroxylation is 2. The molecule has 8 heteroatoms. The van der Waals surface area contributed by atoms with Crippen molar-refractivity contribution in [1.82, 2.24) is 19.3 Å². The van der Waals surface area contributed by atoms with Crippen LogP contribution in [0.3, 0.4) is 0 Å². The molecule has 1 amide bonds. The molecule has 1 aliphatic rings. The van der Waals surface area contributed by atoms with Gasteiger partial charge in [0.2, 0.25) is 5.91 Å². The molecule has 0 atom stereocenters. The molecule has 0 aliphatic heterocycles. The molecule has 2 aromatic carbocycles. The van der Waals surface area contributed by atoms with Crippen LogP contribution in [0.5, 0.6) is 0 Å². The van der Waals surface area contributed by atoms with Crippen LogP contribution in [0, 0.1) is 20.8 Å². The van der Waals surface area contributed by atoms with E-state index in [1.54, 1.807) is 4.57 Å². The molecule has 2 heterocycles. The molecule has 0 unspecified atom stereocenters. The maximum Gasteiger partial charge on any atom is 0.262 e. The first-order valence-corrected chi connectivity index (χ1v) is 12.0. The number of aromatic nitrogens is 4. The summed E-state index contributed by atoms with van der Waals surface area (Å²) in [7, 11) is 0. The second kappa shape index (κ2) is 8.51. The number of amides is 1. The summed E-state index contributed by atoms with van der Waals surface area (Å²) in [4.78, 5) is 30.5. The molecule has 0 saturated heterocycles. The van der Waals surface area contributed by atoms with Gasteiger partial charge in [-0.15, -0.1) is 0 Å². The SMILES string of the molecule is Cc1ccc(-n2nc(C)c(NC(=O)CSc3nc4ccccc4c(=O)n3C3CC3)c2C)cc1. The molecular weight excluding hydrogens is 434 g/mol. The molecule has 33 heavy (non-hydrogen) atoms. The molecule has 1 fully saturated rings. The Hall–Kier alpha value is -3.39. The number of nitrogens with one attached hydrogen (secondary N) is 1. The highest BCUT2D eigenvalue weighted by atomic mass is 32.2. The van der Waals surface area contributed by atoms with Gasteiger partial charge in [0.05, 0.1) is 39.4 Å². The van der Waals surface area contributed by atoms with Gasteiger partial charge < -0.3 is 5.32 Å². The van der Waals surface area contributed by atoms with Crippen LogP contribution in [-0.4, -0.2) is 31.0 Å². The highest BCUT2D eigenvalue weighted by Gasteiger charge is 2.29. The monoisotopic (exact) mass is 459 g/mol. The van der Waals surface area contributed by atoms with E-state index in [1.807, 2.05) is 74.0 Å². The minimum atomic E-state index is -0.153. The van der Waals surface area contributed by atoms with Crippen molar-refractivity contribution < 1.29 is 4.79 Å². The first-order valence-electron chi connectivity index (χ1n) is 11.0. The van der Waals surface area contributed by atoms with Gasteiger partial charge >= 0.3 is 0 Å². The van der Waals surface area contributed by atoms with Gasteiger partial charge in [0.1, 0.15) is 0 Å². The third kappa shape index (κ3) is 4.18. The van der Waals surface area contributed by atoms with Crippen molar-refractivity contribution in [3.05, 3.63) is 75.8 Å². The van der Waals surface area contributed by atoms with Crippen LogP contribution in [0.15, 0.2) is 58.5 Å². The van der Waals surface area contributed by atoms with E-state index in [9.17, 15) is 9.59 Å². The summed E-state index contributed by atoms with van der Waals surface area (Å²) in [5.41, 5.74) is 5.10. The van der Waals surface area contributed by atoms with E-state index < -0.39 is 0 Å². The average molecular weight is 460 g/mol. The zero-order valence-electron chi connectivity index (χ0n) is 18.8. The summed E-state index contributed by atoms with van der Waals surface area (Å²) in [5.74, 6) is 0.00550. The molecule has 7 nitrogen and oxygen atoms in total. The molecule has 1 aliphatic carbocycles. The summed E-state index contributed by atoms with van der Waals surface area (Å²) in [6, 6.07) is 15.6. The van der Waals surface area contributed by atoms with Crippen molar-refractivity contribution in [3.8, 4) is 5.69 Å². The predicted octanol–water partition coefficient (Wildman–Crippen LogP) is 4.57. The summed E-state index contributed by atoms with van der Waals surface area (Å²) >= 11 is 1.30. The second-order valence-electron chi connectivity index (χ2n) is 8.45. The number of hydrogen-bond acceptors (Lipinski definition) is 5. The molecule has 1 saturated carbocycles. The molecule has 5 rings (SSSR count). The van der Waals surface area contributed by atoms with Crippen LogP contribution >= 0.6 is 11.8 Å². The Balaban J connectivity index is 1.36. The third-order valence-electron chi connectivity index (χ3n) is 5.85. The van der Waals surface area contributed by atoms with E-state index in [1.165, 1.54) is 17.3 Å². The fourth-order valence-corrected chi connectivity index (χ4v) is 4.81. The van der Waals surface area contributed by atoms with Crippen molar-refractivity contribution in [3.63, 3.8) is 0 Å². The maximum absolute atomic E-state index is 13.0. The number of para-hydroxylation sites is 1. The van der Waals surface area contributed by atoms with E-state index in [2.05, 4.69) is 10.4 Å². The molecule has 1 N–H and O–H groups in total. The fourth-order valence-electron chi connectivity index (χ4n) is 3.95. The first-order chi connectivity index (χ1) is 15.9.